The fraction of sp³-hybridized carbons (Fsp3) is 0.364. The number of hydrogen-bond acceptors (Lipinski definition) is 3. The molecule has 1 amide bonds. The van der Waals surface area contributed by atoms with E-state index in [-0.39, 0.29) is 25.5 Å². The minimum atomic E-state index is -0.186. The number of halogens is 1. The monoisotopic (exact) mass is 243 g/mol. The lowest BCUT2D eigenvalue weighted by Crippen LogP contribution is -2.20. The lowest BCUT2D eigenvalue weighted by Gasteiger charge is -2.10. The normalized spacial score (nSPS) is 9.94. The number of carbonyl (C=O) groups is 1. The second kappa shape index (κ2) is 6.35. The van der Waals surface area contributed by atoms with Gasteiger partial charge in [-0.25, -0.2) is 0 Å². The largest absolute Gasteiger partial charge is 0.493 e. The number of carbonyl (C=O) groups excluding carboxylic acids is 1. The summed E-state index contributed by atoms with van der Waals surface area (Å²) in [6.07, 6.45) is 0.272. The third-order valence-electron chi connectivity index (χ3n) is 2.10. The number of aliphatic hydroxyl groups excluding tert-OH is 1. The van der Waals surface area contributed by atoms with Crippen molar-refractivity contribution in [2.75, 3.05) is 13.7 Å². The number of aliphatic hydroxyl groups is 1. The minimum Gasteiger partial charge on any atom is -0.493 e. The summed E-state index contributed by atoms with van der Waals surface area (Å²) in [7, 11) is 1.57. The average molecular weight is 244 g/mol. The molecule has 1 rings (SSSR count). The summed E-state index contributed by atoms with van der Waals surface area (Å²) in [5.41, 5.74) is 0.543. The van der Waals surface area contributed by atoms with Crippen LogP contribution in [0.25, 0.3) is 0 Å². The smallest absolute Gasteiger partial charge is 0.223 e. The van der Waals surface area contributed by atoms with Crippen LogP contribution in [-0.2, 0) is 11.4 Å². The number of ether oxygens (including phenoxy) is 1. The van der Waals surface area contributed by atoms with Gasteiger partial charge in [0.1, 0.15) is 5.75 Å². The lowest BCUT2D eigenvalue weighted by atomic mass is 10.2. The third kappa shape index (κ3) is 3.40. The molecule has 2 N–H and O–H groups in total. The standard InChI is InChI=1S/C11H14ClNO3/c1-13-11(15)5-6-16-10-4-2-3-9(12)8(10)7-14/h2-4,14H,5-7H2,1H3,(H,13,15). The maximum atomic E-state index is 11.0. The molecule has 0 bridgehead atoms. The van der Waals surface area contributed by atoms with Crippen LogP contribution < -0.4 is 10.1 Å². The predicted octanol–water partition coefficient (Wildman–Crippen LogP) is 1.35. The first kappa shape index (κ1) is 12.8. The van der Waals surface area contributed by atoms with E-state index in [1.54, 1.807) is 25.2 Å². The number of rotatable bonds is 5. The van der Waals surface area contributed by atoms with Crippen molar-refractivity contribution in [1.29, 1.82) is 0 Å². The molecule has 16 heavy (non-hydrogen) atoms. The maximum Gasteiger partial charge on any atom is 0.223 e. The quantitative estimate of drug-likeness (QED) is 0.821. The molecule has 0 aliphatic rings. The van der Waals surface area contributed by atoms with Gasteiger partial charge in [0.25, 0.3) is 0 Å². The van der Waals surface area contributed by atoms with E-state index in [2.05, 4.69) is 5.32 Å². The van der Waals surface area contributed by atoms with Gasteiger partial charge in [-0.05, 0) is 12.1 Å². The number of amides is 1. The van der Waals surface area contributed by atoms with Crippen molar-refractivity contribution in [2.24, 2.45) is 0 Å². The van der Waals surface area contributed by atoms with Gasteiger partial charge in [-0.2, -0.15) is 0 Å². The summed E-state index contributed by atoms with van der Waals surface area (Å²) in [5.74, 6) is 0.423. The van der Waals surface area contributed by atoms with Crippen LogP contribution in [-0.4, -0.2) is 24.7 Å². The van der Waals surface area contributed by atoms with E-state index < -0.39 is 0 Å². The van der Waals surface area contributed by atoms with Crippen LogP contribution in [0.2, 0.25) is 5.02 Å². The molecular formula is C11H14ClNO3. The second-order valence-electron chi connectivity index (χ2n) is 3.15. The van der Waals surface area contributed by atoms with Crippen molar-refractivity contribution in [3.8, 4) is 5.75 Å². The highest BCUT2D eigenvalue weighted by Crippen LogP contribution is 2.26. The molecule has 1 aromatic rings. The molecule has 1 aromatic carbocycles. The Balaban J connectivity index is 2.60. The van der Waals surface area contributed by atoms with Gasteiger partial charge in [-0.3, -0.25) is 4.79 Å². The van der Waals surface area contributed by atoms with E-state index in [1.165, 1.54) is 0 Å². The van der Waals surface area contributed by atoms with E-state index in [0.717, 1.165) is 0 Å². The third-order valence-corrected chi connectivity index (χ3v) is 2.45. The van der Waals surface area contributed by atoms with Gasteiger partial charge in [0, 0.05) is 17.6 Å². The predicted molar refractivity (Wildman–Crippen MR) is 61.6 cm³/mol. The molecule has 0 heterocycles. The zero-order valence-electron chi connectivity index (χ0n) is 9.00. The van der Waals surface area contributed by atoms with Gasteiger partial charge in [0.2, 0.25) is 5.91 Å². The first-order valence-electron chi connectivity index (χ1n) is 4.90. The summed E-state index contributed by atoms with van der Waals surface area (Å²) in [6.45, 7) is 0.0714. The van der Waals surface area contributed by atoms with Crippen molar-refractivity contribution >= 4 is 17.5 Å². The Morgan fingerprint density at radius 3 is 2.94 bits per heavy atom. The van der Waals surface area contributed by atoms with Gasteiger partial charge in [0.15, 0.2) is 0 Å². The first-order chi connectivity index (χ1) is 7.69. The SMILES string of the molecule is CNC(=O)CCOc1cccc(Cl)c1CO. The van der Waals surface area contributed by atoms with Crippen LogP contribution in [0, 0.1) is 0 Å². The van der Waals surface area contributed by atoms with Crippen molar-refractivity contribution in [3.05, 3.63) is 28.8 Å². The highest BCUT2D eigenvalue weighted by Gasteiger charge is 2.07. The highest BCUT2D eigenvalue weighted by molar-refractivity contribution is 6.31. The highest BCUT2D eigenvalue weighted by atomic mass is 35.5. The molecule has 0 aromatic heterocycles. The summed E-state index contributed by atoms with van der Waals surface area (Å²) in [6, 6.07) is 5.12. The zero-order chi connectivity index (χ0) is 12.0. The van der Waals surface area contributed by atoms with Crippen LogP contribution in [0.15, 0.2) is 18.2 Å². The molecule has 0 atom stereocenters. The van der Waals surface area contributed by atoms with E-state index in [4.69, 9.17) is 21.4 Å². The molecule has 5 heteroatoms. The van der Waals surface area contributed by atoms with Crippen LogP contribution >= 0.6 is 11.6 Å². The van der Waals surface area contributed by atoms with Gasteiger partial charge < -0.3 is 15.2 Å². The minimum absolute atomic E-state index is 0.0902. The van der Waals surface area contributed by atoms with Crippen LogP contribution in [0.3, 0.4) is 0 Å². The van der Waals surface area contributed by atoms with E-state index >= 15 is 0 Å². The Morgan fingerprint density at radius 2 is 2.31 bits per heavy atom. The molecule has 88 valence electrons. The molecule has 0 radical (unpaired) electrons. The van der Waals surface area contributed by atoms with E-state index in [9.17, 15) is 4.79 Å². The van der Waals surface area contributed by atoms with Crippen molar-refractivity contribution < 1.29 is 14.6 Å². The number of nitrogens with one attached hydrogen (secondary N) is 1. The van der Waals surface area contributed by atoms with Crippen molar-refractivity contribution in [3.63, 3.8) is 0 Å². The Labute approximate surface area is 99.2 Å². The average Bonchev–Trinajstić information content (AvgIpc) is 2.29. The molecule has 0 unspecified atom stereocenters. The fourth-order valence-corrected chi connectivity index (χ4v) is 1.43. The van der Waals surface area contributed by atoms with Gasteiger partial charge >= 0.3 is 0 Å². The van der Waals surface area contributed by atoms with Gasteiger partial charge in [-0.15, -0.1) is 0 Å². The fourth-order valence-electron chi connectivity index (χ4n) is 1.21. The van der Waals surface area contributed by atoms with Crippen LogP contribution in [0.5, 0.6) is 5.75 Å². The summed E-state index contributed by atoms with van der Waals surface area (Å²) in [5, 5.41) is 12.1. The van der Waals surface area contributed by atoms with E-state index in [1.807, 2.05) is 0 Å². The van der Waals surface area contributed by atoms with Gasteiger partial charge in [-0.1, -0.05) is 17.7 Å². The number of benzene rings is 1. The maximum absolute atomic E-state index is 11.0. The Morgan fingerprint density at radius 1 is 1.56 bits per heavy atom. The molecule has 0 aliphatic heterocycles. The number of hydrogen-bond donors (Lipinski definition) is 2. The molecule has 0 saturated carbocycles. The van der Waals surface area contributed by atoms with Crippen LogP contribution in [0.1, 0.15) is 12.0 Å². The Bertz CT molecular complexity index is 368. The topological polar surface area (TPSA) is 58.6 Å². The first-order valence-corrected chi connectivity index (χ1v) is 5.28. The molecular weight excluding hydrogens is 230 g/mol. The molecule has 0 spiro atoms. The Hall–Kier alpha value is -1.26. The lowest BCUT2D eigenvalue weighted by molar-refractivity contribution is -0.121. The molecule has 0 aliphatic carbocycles. The molecule has 4 nitrogen and oxygen atoms in total. The van der Waals surface area contributed by atoms with E-state index in [0.29, 0.717) is 16.3 Å². The second-order valence-corrected chi connectivity index (χ2v) is 3.55. The van der Waals surface area contributed by atoms with Crippen molar-refractivity contribution in [1.82, 2.24) is 5.32 Å². The summed E-state index contributed by atoms with van der Waals surface area (Å²) in [4.78, 5) is 11.0. The van der Waals surface area contributed by atoms with Crippen LogP contribution in [0.4, 0.5) is 0 Å². The van der Waals surface area contributed by atoms with Crippen molar-refractivity contribution in [2.45, 2.75) is 13.0 Å². The zero-order valence-corrected chi connectivity index (χ0v) is 9.75. The summed E-state index contributed by atoms with van der Waals surface area (Å²) >= 11 is 5.88. The molecule has 0 saturated heterocycles. The Kier molecular flexibility index (Phi) is 5.08. The summed E-state index contributed by atoms with van der Waals surface area (Å²) < 4.78 is 5.38. The molecule has 0 fully saturated rings. The van der Waals surface area contributed by atoms with Gasteiger partial charge in [0.05, 0.1) is 19.6 Å².